The van der Waals surface area contributed by atoms with Gasteiger partial charge in [0.1, 0.15) is 0 Å². The number of halogens is 1. The molecule has 4 aromatic carbocycles. The van der Waals surface area contributed by atoms with Crippen LogP contribution in [0.2, 0.25) is 5.02 Å². The third-order valence-electron chi connectivity index (χ3n) is 5.62. The van der Waals surface area contributed by atoms with E-state index in [2.05, 4.69) is 10.6 Å². The van der Waals surface area contributed by atoms with Crippen LogP contribution in [0.3, 0.4) is 0 Å². The van der Waals surface area contributed by atoms with Crippen LogP contribution in [0.15, 0.2) is 103 Å². The summed E-state index contributed by atoms with van der Waals surface area (Å²) in [5, 5.41) is 6.25. The Balaban J connectivity index is 1.55. The fraction of sp³-hybridized carbons (Fsp3) is 0.0645. The van der Waals surface area contributed by atoms with Gasteiger partial charge in [-0.2, -0.15) is 0 Å². The van der Waals surface area contributed by atoms with Crippen molar-refractivity contribution in [3.05, 3.63) is 136 Å². The molecule has 0 aliphatic carbocycles. The standard InChI is InChI=1S/C31H25ClN2O3/c1-21-7-9-23(10-8-21)19-30(36)34-28-17-16-26(20-27(28)31(37)24-5-3-2-4-6-24)33-29(35)18-13-22-11-14-25(32)15-12-22/h2-18,20H,19H2,1H3,(H,33,35)(H,34,36)/b18-13+. The number of ketones is 1. The van der Waals surface area contributed by atoms with Gasteiger partial charge in [0.25, 0.3) is 0 Å². The summed E-state index contributed by atoms with van der Waals surface area (Å²) in [6, 6.07) is 28.4. The zero-order valence-electron chi connectivity index (χ0n) is 20.2. The molecular formula is C31H25ClN2O3. The first-order chi connectivity index (χ1) is 17.9. The summed E-state index contributed by atoms with van der Waals surface area (Å²) in [4.78, 5) is 38.6. The summed E-state index contributed by atoms with van der Waals surface area (Å²) >= 11 is 5.90. The van der Waals surface area contributed by atoms with E-state index in [-0.39, 0.29) is 29.6 Å². The lowest BCUT2D eigenvalue weighted by molar-refractivity contribution is -0.115. The molecule has 0 unspecified atom stereocenters. The second-order valence-corrected chi connectivity index (χ2v) is 8.98. The average molecular weight is 509 g/mol. The Morgan fingerprint density at radius 1 is 0.811 bits per heavy atom. The Kier molecular flexibility index (Phi) is 8.29. The van der Waals surface area contributed by atoms with Crippen LogP contribution in [0.4, 0.5) is 11.4 Å². The summed E-state index contributed by atoms with van der Waals surface area (Å²) in [7, 11) is 0. The highest BCUT2D eigenvalue weighted by Gasteiger charge is 2.17. The lowest BCUT2D eigenvalue weighted by Crippen LogP contribution is -2.18. The summed E-state index contributed by atoms with van der Waals surface area (Å²) in [5.41, 5.74) is 4.37. The van der Waals surface area contributed by atoms with Gasteiger partial charge in [-0.25, -0.2) is 0 Å². The molecular weight excluding hydrogens is 484 g/mol. The third kappa shape index (κ3) is 7.26. The monoisotopic (exact) mass is 508 g/mol. The predicted molar refractivity (Wildman–Crippen MR) is 149 cm³/mol. The average Bonchev–Trinajstić information content (AvgIpc) is 2.90. The molecule has 0 aliphatic heterocycles. The summed E-state index contributed by atoms with van der Waals surface area (Å²) < 4.78 is 0. The molecule has 37 heavy (non-hydrogen) atoms. The van der Waals surface area contributed by atoms with Crippen LogP contribution in [0.1, 0.15) is 32.6 Å². The van der Waals surface area contributed by atoms with Crippen LogP contribution in [-0.4, -0.2) is 17.6 Å². The molecule has 0 bridgehead atoms. The van der Waals surface area contributed by atoms with Crippen LogP contribution in [0, 0.1) is 6.92 Å². The molecule has 184 valence electrons. The Labute approximate surface area is 220 Å². The smallest absolute Gasteiger partial charge is 0.248 e. The number of aryl methyl sites for hydroxylation is 1. The van der Waals surface area contributed by atoms with Crippen molar-refractivity contribution in [1.82, 2.24) is 0 Å². The van der Waals surface area contributed by atoms with E-state index in [1.54, 1.807) is 72.8 Å². The zero-order chi connectivity index (χ0) is 26.2. The van der Waals surface area contributed by atoms with Gasteiger partial charge in [-0.15, -0.1) is 0 Å². The van der Waals surface area contributed by atoms with Crippen molar-refractivity contribution in [3.63, 3.8) is 0 Å². The number of rotatable bonds is 8. The Hall–Kier alpha value is -4.48. The molecule has 5 nitrogen and oxygen atoms in total. The fourth-order valence-corrected chi connectivity index (χ4v) is 3.81. The number of benzene rings is 4. The third-order valence-corrected chi connectivity index (χ3v) is 5.88. The number of amides is 2. The zero-order valence-corrected chi connectivity index (χ0v) is 21.0. The van der Waals surface area contributed by atoms with Crippen LogP contribution >= 0.6 is 11.6 Å². The lowest BCUT2D eigenvalue weighted by atomic mass is 10.0. The maximum absolute atomic E-state index is 13.3. The Bertz CT molecular complexity index is 1440. The molecule has 0 aliphatic rings. The number of hydrogen-bond acceptors (Lipinski definition) is 3. The van der Waals surface area contributed by atoms with Gasteiger partial charge in [-0.1, -0.05) is 83.9 Å². The van der Waals surface area contributed by atoms with E-state index in [1.165, 1.54) is 6.08 Å². The highest BCUT2D eigenvalue weighted by Crippen LogP contribution is 2.24. The van der Waals surface area contributed by atoms with Crippen LogP contribution in [0.25, 0.3) is 6.08 Å². The number of nitrogens with one attached hydrogen (secondary N) is 2. The van der Waals surface area contributed by atoms with Crippen molar-refractivity contribution in [3.8, 4) is 0 Å². The van der Waals surface area contributed by atoms with Gasteiger partial charge in [-0.3, -0.25) is 14.4 Å². The largest absolute Gasteiger partial charge is 0.325 e. The highest BCUT2D eigenvalue weighted by molar-refractivity contribution is 6.30. The van der Waals surface area contributed by atoms with Crippen LogP contribution in [-0.2, 0) is 16.0 Å². The van der Waals surface area contributed by atoms with Crippen molar-refractivity contribution in [2.75, 3.05) is 10.6 Å². The quantitative estimate of drug-likeness (QED) is 0.205. The molecule has 0 spiro atoms. The summed E-state index contributed by atoms with van der Waals surface area (Å²) in [5.74, 6) is -0.864. The van der Waals surface area contributed by atoms with E-state index >= 15 is 0 Å². The number of carbonyl (C=O) groups is 3. The van der Waals surface area contributed by atoms with Crippen LogP contribution < -0.4 is 10.6 Å². The first-order valence-corrected chi connectivity index (χ1v) is 12.1. The van der Waals surface area contributed by atoms with Gasteiger partial charge in [0, 0.05) is 27.9 Å². The molecule has 0 saturated heterocycles. The molecule has 4 rings (SSSR count). The maximum atomic E-state index is 13.3. The second-order valence-electron chi connectivity index (χ2n) is 8.54. The minimum Gasteiger partial charge on any atom is -0.325 e. The predicted octanol–water partition coefficient (Wildman–Crippen LogP) is 6.71. The maximum Gasteiger partial charge on any atom is 0.248 e. The molecule has 4 aromatic rings. The van der Waals surface area contributed by atoms with Crippen molar-refractivity contribution in [2.24, 2.45) is 0 Å². The first-order valence-electron chi connectivity index (χ1n) is 11.7. The Morgan fingerprint density at radius 3 is 2.22 bits per heavy atom. The van der Waals surface area contributed by atoms with E-state index in [0.717, 1.165) is 16.7 Å². The Morgan fingerprint density at radius 2 is 1.51 bits per heavy atom. The van der Waals surface area contributed by atoms with Gasteiger partial charge >= 0.3 is 0 Å². The minimum atomic E-state index is -0.357. The van der Waals surface area contributed by atoms with E-state index in [0.29, 0.717) is 22.0 Å². The highest BCUT2D eigenvalue weighted by atomic mass is 35.5. The number of carbonyl (C=O) groups excluding carboxylic acids is 3. The summed E-state index contributed by atoms with van der Waals surface area (Å²) in [6.45, 7) is 1.99. The van der Waals surface area contributed by atoms with Gasteiger partial charge < -0.3 is 10.6 Å². The minimum absolute atomic E-state index is 0.174. The molecule has 2 amide bonds. The molecule has 0 heterocycles. The van der Waals surface area contributed by atoms with Crippen LogP contribution in [0.5, 0.6) is 0 Å². The van der Waals surface area contributed by atoms with Crippen molar-refractivity contribution >= 4 is 46.6 Å². The van der Waals surface area contributed by atoms with Gasteiger partial charge in [0.05, 0.1) is 12.1 Å². The van der Waals surface area contributed by atoms with E-state index in [4.69, 9.17) is 11.6 Å². The SMILES string of the molecule is Cc1ccc(CC(=O)Nc2ccc(NC(=O)/C=C/c3ccc(Cl)cc3)cc2C(=O)c2ccccc2)cc1. The van der Waals surface area contributed by atoms with Crippen molar-refractivity contribution in [2.45, 2.75) is 13.3 Å². The van der Waals surface area contributed by atoms with E-state index < -0.39 is 0 Å². The van der Waals surface area contributed by atoms with E-state index in [9.17, 15) is 14.4 Å². The van der Waals surface area contributed by atoms with Gasteiger partial charge in [0.2, 0.25) is 11.8 Å². The summed E-state index contributed by atoms with van der Waals surface area (Å²) in [6.07, 6.45) is 3.24. The molecule has 0 aromatic heterocycles. The second kappa shape index (κ2) is 12.0. The molecule has 0 saturated carbocycles. The molecule has 0 atom stereocenters. The van der Waals surface area contributed by atoms with Crippen molar-refractivity contribution in [1.29, 1.82) is 0 Å². The van der Waals surface area contributed by atoms with Gasteiger partial charge in [0.15, 0.2) is 5.78 Å². The van der Waals surface area contributed by atoms with Gasteiger partial charge in [-0.05, 0) is 54.5 Å². The molecule has 0 radical (unpaired) electrons. The fourth-order valence-electron chi connectivity index (χ4n) is 3.68. The molecule has 0 fully saturated rings. The topological polar surface area (TPSA) is 75.3 Å². The number of anilines is 2. The normalized spacial score (nSPS) is 10.8. The van der Waals surface area contributed by atoms with Crippen molar-refractivity contribution < 1.29 is 14.4 Å². The first kappa shape index (κ1) is 25.6. The molecule has 2 N–H and O–H groups in total. The lowest BCUT2D eigenvalue weighted by Gasteiger charge is -2.13. The van der Waals surface area contributed by atoms with E-state index in [1.807, 2.05) is 37.3 Å². The number of hydrogen-bond donors (Lipinski definition) is 2. The molecule has 6 heteroatoms.